The Balaban J connectivity index is 2.52. The van der Waals surface area contributed by atoms with Crippen LogP contribution in [-0.4, -0.2) is 39.8 Å². The van der Waals surface area contributed by atoms with Gasteiger partial charge in [0.05, 0.1) is 18.3 Å². The Labute approximate surface area is 104 Å². The standard InChI is InChI=1S/C11H15N3O4/c1-7(8-4-2-3-5-12-8)13-11(18)14-9(6-15)10(16)17/h2-5,7,9,15H,6H2,1H3,(H,16,17)(H2,13,14,18). The summed E-state index contributed by atoms with van der Waals surface area (Å²) < 4.78 is 0. The summed E-state index contributed by atoms with van der Waals surface area (Å²) in [5.74, 6) is -1.29. The summed E-state index contributed by atoms with van der Waals surface area (Å²) in [7, 11) is 0. The van der Waals surface area contributed by atoms with Crippen LogP contribution >= 0.6 is 0 Å². The van der Waals surface area contributed by atoms with Crippen LogP contribution < -0.4 is 10.6 Å². The van der Waals surface area contributed by atoms with Crippen molar-refractivity contribution in [1.82, 2.24) is 15.6 Å². The number of urea groups is 1. The minimum Gasteiger partial charge on any atom is -0.480 e. The maximum atomic E-state index is 11.5. The van der Waals surface area contributed by atoms with E-state index in [1.807, 2.05) is 0 Å². The molecule has 7 nitrogen and oxygen atoms in total. The largest absolute Gasteiger partial charge is 0.480 e. The fourth-order valence-corrected chi connectivity index (χ4v) is 1.29. The third-order valence-electron chi connectivity index (χ3n) is 2.27. The molecule has 0 aliphatic rings. The number of pyridine rings is 1. The van der Waals surface area contributed by atoms with E-state index in [0.29, 0.717) is 5.69 Å². The number of aromatic nitrogens is 1. The third kappa shape index (κ3) is 4.02. The van der Waals surface area contributed by atoms with Gasteiger partial charge in [0.25, 0.3) is 0 Å². The van der Waals surface area contributed by atoms with Gasteiger partial charge in [-0.05, 0) is 19.1 Å². The Morgan fingerprint density at radius 2 is 2.11 bits per heavy atom. The average molecular weight is 253 g/mol. The summed E-state index contributed by atoms with van der Waals surface area (Å²) in [6, 6.07) is 2.93. The Morgan fingerprint density at radius 1 is 1.39 bits per heavy atom. The van der Waals surface area contributed by atoms with Gasteiger partial charge in [0, 0.05) is 6.20 Å². The van der Waals surface area contributed by atoms with E-state index in [9.17, 15) is 9.59 Å². The molecule has 0 aromatic carbocycles. The summed E-state index contributed by atoms with van der Waals surface area (Å²) in [5.41, 5.74) is 0.656. The van der Waals surface area contributed by atoms with Crippen LogP contribution in [-0.2, 0) is 4.79 Å². The van der Waals surface area contributed by atoms with Crippen molar-refractivity contribution < 1.29 is 19.8 Å². The van der Waals surface area contributed by atoms with E-state index in [4.69, 9.17) is 10.2 Å². The molecule has 0 saturated carbocycles. The Morgan fingerprint density at radius 3 is 2.61 bits per heavy atom. The molecule has 0 aliphatic carbocycles. The van der Waals surface area contributed by atoms with Crippen molar-refractivity contribution in [3.63, 3.8) is 0 Å². The number of carboxylic acid groups (broad SMARTS) is 1. The van der Waals surface area contributed by atoms with E-state index >= 15 is 0 Å². The molecular formula is C11H15N3O4. The summed E-state index contributed by atoms with van der Waals surface area (Å²) in [6.07, 6.45) is 1.60. The number of carbonyl (C=O) groups is 2. The van der Waals surface area contributed by atoms with Crippen molar-refractivity contribution in [1.29, 1.82) is 0 Å². The zero-order valence-corrected chi connectivity index (χ0v) is 9.83. The quantitative estimate of drug-likeness (QED) is 0.585. The molecule has 4 N–H and O–H groups in total. The molecule has 2 unspecified atom stereocenters. The molecule has 1 aromatic rings. The molecule has 0 fully saturated rings. The number of aliphatic hydroxyl groups is 1. The highest BCUT2D eigenvalue weighted by atomic mass is 16.4. The Bertz CT molecular complexity index is 410. The number of rotatable bonds is 5. The van der Waals surface area contributed by atoms with Gasteiger partial charge in [0.15, 0.2) is 6.04 Å². The normalized spacial score (nSPS) is 13.4. The second kappa shape index (κ2) is 6.55. The minimum absolute atomic E-state index is 0.362. The Kier molecular flexibility index (Phi) is 5.06. The van der Waals surface area contributed by atoms with Crippen LogP contribution in [0.15, 0.2) is 24.4 Å². The zero-order valence-electron chi connectivity index (χ0n) is 9.83. The number of carbonyl (C=O) groups excluding carboxylic acids is 1. The first-order chi connectivity index (χ1) is 8.54. The molecule has 2 amide bonds. The lowest BCUT2D eigenvalue weighted by atomic mass is 10.2. The fourth-order valence-electron chi connectivity index (χ4n) is 1.29. The van der Waals surface area contributed by atoms with Crippen LogP contribution in [0, 0.1) is 0 Å². The van der Waals surface area contributed by atoms with Crippen molar-refractivity contribution in [2.75, 3.05) is 6.61 Å². The van der Waals surface area contributed by atoms with Crippen molar-refractivity contribution in [2.45, 2.75) is 19.0 Å². The summed E-state index contributed by atoms with van der Waals surface area (Å²) in [4.78, 5) is 26.1. The lowest BCUT2D eigenvalue weighted by molar-refractivity contribution is -0.140. The third-order valence-corrected chi connectivity index (χ3v) is 2.27. The van der Waals surface area contributed by atoms with E-state index in [2.05, 4.69) is 15.6 Å². The van der Waals surface area contributed by atoms with Gasteiger partial charge in [0.2, 0.25) is 0 Å². The molecule has 2 atom stereocenters. The van der Waals surface area contributed by atoms with E-state index in [1.54, 1.807) is 31.3 Å². The molecule has 0 bridgehead atoms. The van der Waals surface area contributed by atoms with Gasteiger partial charge in [-0.2, -0.15) is 0 Å². The van der Waals surface area contributed by atoms with Crippen molar-refractivity contribution in [2.24, 2.45) is 0 Å². The van der Waals surface area contributed by atoms with Gasteiger partial charge in [-0.15, -0.1) is 0 Å². The van der Waals surface area contributed by atoms with E-state index < -0.39 is 24.6 Å². The second-order valence-corrected chi connectivity index (χ2v) is 3.67. The second-order valence-electron chi connectivity index (χ2n) is 3.67. The first-order valence-corrected chi connectivity index (χ1v) is 5.36. The monoisotopic (exact) mass is 253 g/mol. The number of aliphatic hydroxyl groups excluding tert-OH is 1. The highest BCUT2D eigenvalue weighted by Gasteiger charge is 2.19. The van der Waals surface area contributed by atoms with Crippen molar-refractivity contribution in [3.8, 4) is 0 Å². The lowest BCUT2D eigenvalue weighted by Gasteiger charge is -2.16. The zero-order chi connectivity index (χ0) is 13.5. The first kappa shape index (κ1) is 13.9. The molecule has 1 aromatic heterocycles. The molecule has 0 saturated heterocycles. The SMILES string of the molecule is CC(NC(=O)NC(CO)C(=O)O)c1ccccn1. The molecule has 0 spiro atoms. The number of nitrogens with one attached hydrogen (secondary N) is 2. The van der Waals surface area contributed by atoms with Crippen molar-refractivity contribution >= 4 is 12.0 Å². The predicted octanol–water partition coefficient (Wildman–Crippen LogP) is -0.113. The fraction of sp³-hybridized carbons (Fsp3) is 0.364. The minimum atomic E-state index is -1.32. The van der Waals surface area contributed by atoms with Crippen LogP contribution in [0.1, 0.15) is 18.7 Å². The first-order valence-electron chi connectivity index (χ1n) is 5.36. The smallest absolute Gasteiger partial charge is 0.328 e. The number of aliphatic carboxylic acids is 1. The number of amides is 2. The van der Waals surface area contributed by atoms with E-state index in [1.165, 1.54) is 0 Å². The van der Waals surface area contributed by atoms with Gasteiger partial charge in [0.1, 0.15) is 0 Å². The average Bonchev–Trinajstić information content (AvgIpc) is 2.36. The number of carboxylic acids is 1. The van der Waals surface area contributed by atoms with Crippen LogP contribution in [0.5, 0.6) is 0 Å². The Hall–Kier alpha value is -2.15. The van der Waals surface area contributed by atoms with Gasteiger partial charge < -0.3 is 20.8 Å². The maximum Gasteiger partial charge on any atom is 0.328 e. The molecule has 98 valence electrons. The predicted molar refractivity (Wildman–Crippen MR) is 62.8 cm³/mol. The molecule has 7 heteroatoms. The molecular weight excluding hydrogens is 238 g/mol. The highest BCUT2D eigenvalue weighted by Crippen LogP contribution is 2.07. The summed E-state index contributed by atoms with van der Waals surface area (Å²) in [6.45, 7) is 1.05. The van der Waals surface area contributed by atoms with Gasteiger partial charge in [-0.3, -0.25) is 4.98 Å². The van der Waals surface area contributed by atoms with Gasteiger partial charge in [-0.25, -0.2) is 9.59 Å². The molecule has 1 rings (SSSR count). The topological polar surface area (TPSA) is 112 Å². The molecule has 18 heavy (non-hydrogen) atoms. The summed E-state index contributed by atoms with van der Waals surface area (Å²) >= 11 is 0. The van der Waals surface area contributed by atoms with Gasteiger partial charge in [-0.1, -0.05) is 6.07 Å². The van der Waals surface area contributed by atoms with Crippen molar-refractivity contribution in [3.05, 3.63) is 30.1 Å². The molecule has 1 heterocycles. The van der Waals surface area contributed by atoms with Crippen LogP contribution in [0.3, 0.4) is 0 Å². The summed E-state index contributed by atoms with van der Waals surface area (Å²) in [5, 5.41) is 22.1. The van der Waals surface area contributed by atoms with Gasteiger partial charge >= 0.3 is 12.0 Å². The van der Waals surface area contributed by atoms with Crippen LogP contribution in [0.25, 0.3) is 0 Å². The maximum absolute atomic E-state index is 11.5. The number of hydrogen-bond donors (Lipinski definition) is 4. The van der Waals surface area contributed by atoms with E-state index in [0.717, 1.165) is 0 Å². The van der Waals surface area contributed by atoms with Crippen LogP contribution in [0.4, 0.5) is 4.79 Å². The molecule has 0 radical (unpaired) electrons. The van der Waals surface area contributed by atoms with Crippen LogP contribution in [0.2, 0.25) is 0 Å². The number of nitrogens with zero attached hydrogens (tertiary/aromatic N) is 1. The highest BCUT2D eigenvalue weighted by molar-refractivity contribution is 5.82. The molecule has 0 aliphatic heterocycles. The number of hydrogen-bond acceptors (Lipinski definition) is 4. The van der Waals surface area contributed by atoms with E-state index in [-0.39, 0.29) is 6.04 Å². The lowest BCUT2D eigenvalue weighted by Crippen LogP contribution is -2.48.